The van der Waals surface area contributed by atoms with E-state index in [1.54, 1.807) is 12.1 Å². The highest BCUT2D eigenvalue weighted by atomic mass is 35.5. The van der Waals surface area contributed by atoms with Crippen LogP contribution in [0.5, 0.6) is 11.5 Å². The minimum atomic E-state index is -4.40. The van der Waals surface area contributed by atoms with Crippen molar-refractivity contribution in [3.8, 4) is 28.8 Å². The number of nitriles is 1. The first-order valence-electron chi connectivity index (χ1n) is 13.2. The number of piperidine rings is 1. The maximum absolute atomic E-state index is 13.2. The molecule has 6 rings (SSSR count). The van der Waals surface area contributed by atoms with Crippen molar-refractivity contribution in [3.05, 3.63) is 76.9 Å². The fraction of sp³-hybridized carbons (Fsp3) is 0.267. The molecule has 212 valence electrons. The summed E-state index contributed by atoms with van der Waals surface area (Å²) in [6.07, 6.45) is 3.76. The Morgan fingerprint density at radius 3 is 2.59 bits per heavy atom. The number of nitrogens with one attached hydrogen (secondary N) is 2. The molecule has 0 radical (unpaired) electrons. The Labute approximate surface area is 244 Å². The molecule has 2 aliphatic heterocycles. The molecule has 1 aromatic heterocycles. The Bertz CT molecular complexity index is 1790. The number of rotatable bonds is 7. The van der Waals surface area contributed by atoms with E-state index in [2.05, 4.69) is 27.3 Å². The topological polar surface area (TPSA) is 125 Å². The highest BCUT2D eigenvalue weighted by Crippen LogP contribution is 2.44. The average Bonchev–Trinajstić information content (AvgIpc) is 3.57. The van der Waals surface area contributed by atoms with E-state index in [-0.39, 0.29) is 46.8 Å². The number of H-pyrrole nitrogens is 1. The van der Waals surface area contributed by atoms with Crippen molar-refractivity contribution in [1.82, 2.24) is 15.2 Å². The molecule has 0 spiro atoms. The molecule has 0 aliphatic carbocycles. The van der Waals surface area contributed by atoms with Gasteiger partial charge in [0.05, 0.1) is 18.2 Å². The number of methoxy groups -OCH3 is 1. The minimum absolute atomic E-state index is 0. The van der Waals surface area contributed by atoms with Crippen LogP contribution in [0.4, 0.5) is 0 Å². The number of aromatic amines is 1. The lowest BCUT2D eigenvalue weighted by Crippen LogP contribution is -2.28. The molecule has 2 N–H and O–H groups in total. The summed E-state index contributed by atoms with van der Waals surface area (Å²) in [7, 11) is -2.98. The molecule has 1 fully saturated rings. The molecule has 1 amide bonds. The van der Waals surface area contributed by atoms with Crippen molar-refractivity contribution in [1.29, 1.82) is 5.26 Å². The summed E-state index contributed by atoms with van der Waals surface area (Å²) in [5.41, 5.74) is 4.11. The molecule has 1 saturated heterocycles. The summed E-state index contributed by atoms with van der Waals surface area (Å²) in [6.45, 7) is 3.20. The van der Waals surface area contributed by atoms with E-state index in [1.165, 1.54) is 50.1 Å². The highest BCUT2D eigenvalue weighted by Gasteiger charge is 2.33. The zero-order valence-electron chi connectivity index (χ0n) is 22.4. The van der Waals surface area contributed by atoms with Gasteiger partial charge in [-0.2, -0.15) is 13.7 Å². The van der Waals surface area contributed by atoms with Crippen molar-refractivity contribution in [2.45, 2.75) is 37.2 Å². The number of hydrogen-bond acceptors (Lipinski definition) is 7. The molecule has 0 bridgehead atoms. The first kappa shape index (κ1) is 28.5. The van der Waals surface area contributed by atoms with E-state index in [9.17, 15) is 18.5 Å². The van der Waals surface area contributed by atoms with Crippen LogP contribution >= 0.6 is 12.4 Å². The Balaban J connectivity index is 0.00000337. The number of halogens is 1. The first-order valence-corrected chi connectivity index (χ1v) is 14.6. The zero-order chi connectivity index (χ0) is 27.9. The number of hydrogen-bond donors (Lipinski definition) is 2. The van der Waals surface area contributed by atoms with Gasteiger partial charge in [0.25, 0.3) is 5.91 Å². The lowest BCUT2D eigenvalue weighted by Gasteiger charge is -2.26. The molecule has 4 aromatic rings. The van der Waals surface area contributed by atoms with Crippen molar-refractivity contribution < 1.29 is 22.1 Å². The monoisotopic (exact) mass is 592 g/mol. The molecule has 2 aliphatic rings. The van der Waals surface area contributed by atoms with Gasteiger partial charge in [-0.1, -0.05) is 24.6 Å². The highest BCUT2D eigenvalue weighted by molar-refractivity contribution is 7.87. The minimum Gasteiger partial charge on any atom is -0.493 e. The maximum atomic E-state index is 13.2. The fourth-order valence-corrected chi connectivity index (χ4v) is 6.69. The Morgan fingerprint density at radius 1 is 1.05 bits per heavy atom. The number of aromatic nitrogens is 1. The van der Waals surface area contributed by atoms with Gasteiger partial charge in [-0.3, -0.25) is 9.69 Å². The number of carbonyl (C=O) groups is 1. The summed E-state index contributed by atoms with van der Waals surface area (Å²) >= 11 is 0. The molecule has 0 saturated carbocycles. The van der Waals surface area contributed by atoms with Crippen LogP contribution in [0.2, 0.25) is 0 Å². The summed E-state index contributed by atoms with van der Waals surface area (Å²) < 4.78 is 37.6. The van der Waals surface area contributed by atoms with Gasteiger partial charge in [0.2, 0.25) is 0 Å². The van der Waals surface area contributed by atoms with E-state index in [0.717, 1.165) is 30.5 Å². The van der Waals surface area contributed by atoms with Crippen molar-refractivity contribution in [2.75, 3.05) is 20.2 Å². The van der Waals surface area contributed by atoms with Crippen molar-refractivity contribution in [3.63, 3.8) is 0 Å². The number of carbonyl (C=O) groups excluding carboxylic acids is 1. The third-order valence-electron chi connectivity index (χ3n) is 7.52. The Morgan fingerprint density at radius 2 is 1.83 bits per heavy atom. The van der Waals surface area contributed by atoms with E-state index < -0.39 is 10.1 Å². The fourth-order valence-electron chi connectivity index (χ4n) is 5.57. The number of amides is 1. The lowest BCUT2D eigenvalue weighted by atomic mass is 9.98. The predicted molar refractivity (Wildman–Crippen MR) is 157 cm³/mol. The summed E-state index contributed by atoms with van der Waals surface area (Å²) in [4.78, 5) is 18.6. The first-order chi connectivity index (χ1) is 19.4. The predicted octanol–water partition coefficient (Wildman–Crippen LogP) is 5.13. The number of nitrogens with zero attached hydrogens (tertiary/aromatic N) is 2. The summed E-state index contributed by atoms with van der Waals surface area (Å²) in [6, 6.07) is 17.6. The Kier molecular flexibility index (Phi) is 7.95. The molecule has 9 nitrogen and oxygen atoms in total. The molecule has 3 heterocycles. The second kappa shape index (κ2) is 11.4. The molecule has 0 unspecified atom stereocenters. The van der Waals surface area contributed by atoms with Gasteiger partial charge in [0.1, 0.15) is 11.0 Å². The van der Waals surface area contributed by atoms with Crippen LogP contribution in [-0.2, 0) is 23.2 Å². The standard InChI is InChI=1S/C30H28N4O5S.ClH/c1-38-26-15-22(25-14-21-13-19(9-10-24(21)33-25)18-34-11-5-2-6-12-34)28-23(17-32-30(28)35)29(26)39-40(36,37)27-8-4-3-7-20(27)16-31;/h3-4,7-10,13-15,33H,2,5-6,11-12,17-18H2,1H3,(H,32,35);1H. The van der Waals surface area contributed by atoms with Gasteiger partial charge in [0.15, 0.2) is 11.5 Å². The molecular weight excluding hydrogens is 564 g/mol. The number of fused-ring (bicyclic) bond motifs is 2. The summed E-state index contributed by atoms with van der Waals surface area (Å²) in [5, 5.41) is 13.2. The van der Waals surface area contributed by atoms with E-state index in [1.807, 2.05) is 18.2 Å². The molecule has 11 heteroatoms. The smallest absolute Gasteiger partial charge is 0.340 e. The third-order valence-corrected chi connectivity index (χ3v) is 8.80. The van der Waals surface area contributed by atoms with E-state index in [4.69, 9.17) is 8.92 Å². The number of benzene rings is 3. The van der Waals surface area contributed by atoms with Crippen LogP contribution in [-0.4, -0.2) is 44.4 Å². The maximum Gasteiger partial charge on any atom is 0.340 e. The van der Waals surface area contributed by atoms with E-state index in [0.29, 0.717) is 22.4 Å². The molecular formula is C30H29ClN4O5S. The van der Waals surface area contributed by atoms with Crippen LogP contribution in [0.3, 0.4) is 0 Å². The molecule has 0 atom stereocenters. The molecule has 3 aromatic carbocycles. The number of ether oxygens (including phenoxy) is 1. The van der Waals surface area contributed by atoms with Crippen LogP contribution < -0.4 is 14.2 Å². The SMILES string of the molecule is COc1cc(-c2cc3cc(CN4CCCCC4)ccc3[nH]2)c2c(c1OS(=O)(=O)c1ccccc1C#N)CNC2=O.Cl. The summed E-state index contributed by atoms with van der Waals surface area (Å²) in [5.74, 6) is -0.253. The average molecular weight is 593 g/mol. The van der Waals surface area contributed by atoms with Crippen molar-refractivity contribution >= 4 is 39.3 Å². The van der Waals surface area contributed by atoms with Crippen LogP contribution in [0.15, 0.2) is 59.5 Å². The zero-order valence-corrected chi connectivity index (χ0v) is 24.0. The van der Waals surface area contributed by atoms with Gasteiger partial charge in [-0.25, -0.2) is 0 Å². The van der Waals surface area contributed by atoms with Gasteiger partial charge in [-0.05, 0) is 67.9 Å². The van der Waals surface area contributed by atoms with Crippen molar-refractivity contribution in [2.24, 2.45) is 0 Å². The lowest BCUT2D eigenvalue weighted by molar-refractivity contribution is 0.0966. The Hall–Kier alpha value is -4.04. The third kappa shape index (κ3) is 5.36. The van der Waals surface area contributed by atoms with Gasteiger partial charge < -0.3 is 19.2 Å². The second-order valence-electron chi connectivity index (χ2n) is 10.1. The van der Waals surface area contributed by atoms with Crippen LogP contribution in [0.1, 0.15) is 46.3 Å². The molecule has 41 heavy (non-hydrogen) atoms. The van der Waals surface area contributed by atoms with Crippen LogP contribution in [0.25, 0.3) is 22.2 Å². The largest absolute Gasteiger partial charge is 0.493 e. The number of likely N-dealkylation sites (tertiary alicyclic amines) is 1. The van der Waals surface area contributed by atoms with Gasteiger partial charge >= 0.3 is 10.1 Å². The van der Waals surface area contributed by atoms with Gasteiger partial charge in [-0.15, -0.1) is 12.4 Å². The van der Waals surface area contributed by atoms with Gasteiger partial charge in [0, 0.05) is 40.8 Å². The van der Waals surface area contributed by atoms with Crippen LogP contribution in [0, 0.1) is 11.3 Å². The second-order valence-corrected chi connectivity index (χ2v) is 11.6. The quantitative estimate of drug-likeness (QED) is 0.285. The normalized spacial score (nSPS) is 15.1. The van der Waals surface area contributed by atoms with E-state index >= 15 is 0 Å².